The lowest BCUT2D eigenvalue weighted by atomic mass is 10.1. The number of aryl methyl sites for hydroxylation is 1. The molecule has 0 unspecified atom stereocenters. The fraction of sp³-hybridized carbons (Fsp3) is 0.571. The predicted molar refractivity (Wildman–Crippen MR) is 70.2 cm³/mol. The van der Waals surface area contributed by atoms with Crippen LogP contribution in [0.4, 0.5) is 0 Å². The molecule has 1 saturated carbocycles. The van der Waals surface area contributed by atoms with Gasteiger partial charge in [-0.1, -0.05) is 5.16 Å². The highest BCUT2D eigenvalue weighted by Gasteiger charge is 2.28. The Morgan fingerprint density at radius 1 is 1.10 bits per heavy atom. The molecule has 3 heterocycles. The zero-order valence-corrected chi connectivity index (χ0v) is 11.4. The molecule has 2 aromatic heterocycles. The molecule has 0 N–H and O–H groups in total. The minimum atomic E-state index is 0.250. The third kappa shape index (κ3) is 2.10. The van der Waals surface area contributed by atoms with Crippen LogP contribution in [0.1, 0.15) is 48.4 Å². The van der Waals surface area contributed by atoms with Gasteiger partial charge in [-0.05, 0) is 26.2 Å². The first-order valence-electron chi connectivity index (χ1n) is 7.06. The van der Waals surface area contributed by atoms with Crippen molar-refractivity contribution in [1.82, 2.24) is 20.1 Å². The molecular weight excluding hydrogens is 256 g/mol. The van der Waals surface area contributed by atoms with Crippen LogP contribution in [-0.4, -0.2) is 33.3 Å². The number of hydrogen-bond acceptors (Lipinski definition) is 6. The molecule has 0 spiro atoms. The fourth-order valence-corrected chi connectivity index (χ4v) is 2.48. The second kappa shape index (κ2) is 4.63. The molecule has 104 valence electrons. The Morgan fingerprint density at radius 2 is 2.00 bits per heavy atom. The minimum absolute atomic E-state index is 0.250. The smallest absolute Gasteiger partial charge is 0.261 e. The Balaban J connectivity index is 1.63. The SMILES string of the molecule is Cc1nc(C2CC2)ncc1-c1nc([C@@H]2CCOC2)no1. The van der Waals surface area contributed by atoms with Gasteiger partial charge in [-0.25, -0.2) is 9.97 Å². The van der Waals surface area contributed by atoms with Crippen LogP contribution < -0.4 is 0 Å². The van der Waals surface area contributed by atoms with Crippen LogP contribution >= 0.6 is 0 Å². The Labute approximate surface area is 116 Å². The third-order valence-electron chi connectivity index (χ3n) is 3.91. The summed E-state index contributed by atoms with van der Waals surface area (Å²) in [4.78, 5) is 13.5. The van der Waals surface area contributed by atoms with Crippen molar-refractivity contribution in [3.63, 3.8) is 0 Å². The van der Waals surface area contributed by atoms with E-state index in [1.54, 1.807) is 6.20 Å². The first-order chi connectivity index (χ1) is 9.81. The highest BCUT2D eigenvalue weighted by molar-refractivity contribution is 5.54. The van der Waals surface area contributed by atoms with Crippen LogP contribution in [0.15, 0.2) is 10.7 Å². The monoisotopic (exact) mass is 272 g/mol. The number of aromatic nitrogens is 4. The molecule has 2 aliphatic rings. The molecule has 2 fully saturated rings. The fourth-order valence-electron chi connectivity index (χ4n) is 2.48. The number of hydrogen-bond donors (Lipinski definition) is 0. The highest BCUT2D eigenvalue weighted by atomic mass is 16.5. The highest BCUT2D eigenvalue weighted by Crippen LogP contribution is 2.38. The van der Waals surface area contributed by atoms with Crippen LogP contribution in [0.5, 0.6) is 0 Å². The summed E-state index contributed by atoms with van der Waals surface area (Å²) in [6.07, 6.45) is 5.16. The summed E-state index contributed by atoms with van der Waals surface area (Å²) in [6, 6.07) is 0. The molecular formula is C14H16N4O2. The van der Waals surface area contributed by atoms with Crippen LogP contribution in [0.25, 0.3) is 11.5 Å². The molecule has 0 aromatic carbocycles. The lowest BCUT2D eigenvalue weighted by Crippen LogP contribution is -2.00. The molecule has 0 radical (unpaired) electrons. The molecule has 1 aliphatic heterocycles. The van der Waals surface area contributed by atoms with Gasteiger partial charge < -0.3 is 9.26 Å². The van der Waals surface area contributed by atoms with E-state index in [4.69, 9.17) is 9.26 Å². The van der Waals surface area contributed by atoms with Gasteiger partial charge in [0.2, 0.25) is 0 Å². The van der Waals surface area contributed by atoms with Crippen molar-refractivity contribution < 1.29 is 9.26 Å². The van der Waals surface area contributed by atoms with Gasteiger partial charge in [0.25, 0.3) is 5.89 Å². The molecule has 4 rings (SSSR count). The molecule has 20 heavy (non-hydrogen) atoms. The zero-order valence-electron chi connectivity index (χ0n) is 11.4. The third-order valence-corrected chi connectivity index (χ3v) is 3.91. The number of rotatable bonds is 3. The van der Waals surface area contributed by atoms with Crippen LogP contribution in [0, 0.1) is 6.92 Å². The van der Waals surface area contributed by atoms with Gasteiger partial charge in [0.05, 0.1) is 17.9 Å². The number of nitrogens with zero attached hydrogens (tertiary/aromatic N) is 4. The maximum Gasteiger partial charge on any atom is 0.261 e. The predicted octanol–water partition coefficient (Wildman–Crippen LogP) is 2.22. The lowest BCUT2D eigenvalue weighted by molar-refractivity contribution is 0.192. The van der Waals surface area contributed by atoms with Crippen LogP contribution in [0.2, 0.25) is 0 Å². The van der Waals surface area contributed by atoms with E-state index in [-0.39, 0.29) is 5.92 Å². The number of ether oxygens (including phenoxy) is 1. The van der Waals surface area contributed by atoms with E-state index in [1.165, 1.54) is 12.8 Å². The molecule has 2 aromatic rings. The Morgan fingerprint density at radius 3 is 2.70 bits per heavy atom. The summed E-state index contributed by atoms with van der Waals surface area (Å²) in [5, 5.41) is 4.06. The second-order valence-corrected chi connectivity index (χ2v) is 5.52. The van der Waals surface area contributed by atoms with Crippen molar-refractivity contribution in [2.24, 2.45) is 0 Å². The van der Waals surface area contributed by atoms with Crippen LogP contribution in [0.3, 0.4) is 0 Å². The van der Waals surface area contributed by atoms with Gasteiger partial charge in [0.15, 0.2) is 5.82 Å². The van der Waals surface area contributed by atoms with Crippen molar-refractivity contribution in [3.8, 4) is 11.5 Å². The largest absolute Gasteiger partial charge is 0.381 e. The van der Waals surface area contributed by atoms with Crippen LogP contribution in [-0.2, 0) is 4.74 Å². The van der Waals surface area contributed by atoms with Crippen molar-refractivity contribution in [2.45, 2.75) is 38.0 Å². The second-order valence-electron chi connectivity index (χ2n) is 5.52. The van der Waals surface area contributed by atoms with Gasteiger partial charge in [-0.3, -0.25) is 0 Å². The quantitative estimate of drug-likeness (QED) is 0.853. The maximum absolute atomic E-state index is 5.36. The van der Waals surface area contributed by atoms with Crippen molar-refractivity contribution >= 4 is 0 Å². The zero-order chi connectivity index (χ0) is 13.5. The van der Waals surface area contributed by atoms with E-state index in [0.29, 0.717) is 18.4 Å². The standard InChI is InChI=1S/C14H16N4O2/c1-8-11(6-15-12(16-8)9-2-3-9)14-17-13(18-20-14)10-4-5-19-7-10/h6,9-10H,2-5,7H2,1H3/t10-/m1/s1. The van der Waals surface area contributed by atoms with E-state index in [1.807, 2.05) is 6.92 Å². The van der Waals surface area contributed by atoms with E-state index in [0.717, 1.165) is 35.9 Å². The van der Waals surface area contributed by atoms with Crippen molar-refractivity contribution in [2.75, 3.05) is 13.2 Å². The van der Waals surface area contributed by atoms with Gasteiger partial charge in [-0.15, -0.1) is 0 Å². The van der Waals surface area contributed by atoms with E-state index >= 15 is 0 Å². The molecule has 0 amide bonds. The molecule has 6 nitrogen and oxygen atoms in total. The van der Waals surface area contributed by atoms with Gasteiger partial charge in [0.1, 0.15) is 5.82 Å². The summed E-state index contributed by atoms with van der Waals surface area (Å²) >= 11 is 0. The Hall–Kier alpha value is -1.82. The van der Waals surface area contributed by atoms with Gasteiger partial charge in [-0.2, -0.15) is 4.98 Å². The van der Waals surface area contributed by atoms with E-state index in [2.05, 4.69) is 20.1 Å². The topological polar surface area (TPSA) is 73.9 Å². The summed E-state index contributed by atoms with van der Waals surface area (Å²) in [7, 11) is 0. The van der Waals surface area contributed by atoms with E-state index in [9.17, 15) is 0 Å². The molecule has 1 atom stereocenters. The van der Waals surface area contributed by atoms with Gasteiger partial charge in [0, 0.05) is 24.6 Å². The van der Waals surface area contributed by atoms with Crippen molar-refractivity contribution in [3.05, 3.63) is 23.5 Å². The summed E-state index contributed by atoms with van der Waals surface area (Å²) in [5.74, 6) is 2.97. The van der Waals surface area contributed by atoms with E-state index < -0.39 is 0 Å². The van der Waals surface area contributed by atoms with Crippen molar-refractivity contribution in [1.29, 1.82) is 0 Å². The molecule has 1 saturated heterocycles. The molecule has 6 heteroatoms. The average molecular weight is 272 g/mol. The maximum atomic E-state index is 5.36. The average Bonchev–Trinajstić information content (AvgIpc) is 2.97. The molecule has 1 aliphatic carbocycles. The normalized spacial score (nSPS) is 22.4. The molecule has 0 bridgehead atoms. The lowest BCUT2D eigenvalue weighted by Gasteiger charge is -2.02. The Kier molecular flexibility index (Phi) is 2.77. The minimum Gasteiger partial charge on any atom is -0.381 e. The summed E-state index contributed by atoms with van der Waals surface area (Å²) in [6.45, 7) is 3.41. The Bertz CT molecular complexity index is 630. The summed E-state index contributed by atoms with van der Waals surface area (Å²) < 4.78 is 10.7. The first-order valence-corrected chi connectivity index (χ1v) is 7.06. The first kappa shape index (κ1) is 12.0. The summed E-state index contributed by atoms with van der Waals surface area (Å²) in [5.41, 5.74) is 1.73. The van der Waals surface area contributed by atoms with Gasteiger partial charge >= 0.3 is 0 Å².